The molecule has 1 aromatic carbocycles. The van der Waals surface area contributed by atoms with Crippen molar-refractivity contribution in [2.24, 2.45) is 0 Å². The maximum absolute atomic E-state index is 12.1. The third kappa shape index (κ3) is 2.60. The Labute approximate surface area is 103 Å². The fourth-order valence-corrected chi connectivity index (χ4v) is 2.13. The average molecular weight is 232 g/mol. The van der Waals surface area contributed by atoms with Gasteiger partial charge in [0, 0.05) is 17.8 Å². The second-order valence-electron chi connectivity index (χ2n) is 5.71. The molecule has 92 valence electrons. The highest BCUT2D eigenvalue weighted by atomic mass is 16.2. The fraction of sp³-hybridized carbons (Fsp3) is 0.500. The smallest absolute Gasteiger partial charge is 0.322 e. The van der Waals surface area contributed by atoms with Crippen LogP contribution < -0.4 is 10.2 Å². The molecule has 0 atom stereocenters. The lowest BCUT2D eigenvalue weighted by Gasteiger charge is -2.26. The van der Waals surface area contributed by atoms with Gasteiger partial charge in [0.25, 0.3) is 0 Å². The first-order valence-corrected chi connectivity index (χ1v) is 6.06. The highest BCUT2D eigenvalue weighted by molar-refractivity contribution is 5.94. The summed E-state index contributed by atoms with van der Waals surface area (Å²) < 4.78 is 0. The summed E-state index contributed by atoms with van der Waals surface area (Å²) in [4.78, 5) is 14.0. The van der Waals surface area contributed by atoms with Crippen LogP contribution >= 0.6 is 0 Å². The predicted octanol–water partition coefficient (Wildman–Crippen LogP) is 2.87. The number of rotatable bonds is 0. The molecule has 3 nitrogen and oxygen atoms in total. The van der Waals surface area contributed by atoms with Crippen LogP contribution in [0.25, 0.3) is 0 Å². The summed E-state index contributed by atoms with van der Waals surface area (Å²) in [5.74, 6) is 0. The minimum Gasteiger partial charge on any atom is -0.333 e. The van der Waals surface area contributed by atoms with E-state index in [0.29, 0.717) is 0 Å². The van der Waals surface area contributed by atoms with E-state index in [-0.39, 0.29) is 11.6 Å². The minimum absolute atomic E-state index is 0.0000954. The maximum Gasteiger partial charge on any atom is 0.322 e. The Morgan fingerprint density at radius 2 is 2.06 bits per heavy atom. The number of hydrogen-bond acceptors (Lipinski definition) is 1. The summed E-state index contributed by atoms with van der Waals surface area (Å²) in [6.07, 6.45) is 0.953. The van der Waals surface area contributed by atoms with Crippen molar-refractivity contribution in [1.29, 1.82) is 0 Å². The summed E-state index contributed by atoms with van der Waals surface area (Å²) in [6.45, 7) is 8.85. The maximum atomic E-state index is 12.1. The van der Waals surface area contributed by atoms with Gasteiger partial charge >= 0.3 is 6.03 Å². The summed E-state index contributed by atoms with van der Waals surface area (Å²) in [6, 6.07) is 6.27. The van der Waals surface area contributed by atoms with Gasteiger partial charge in [-0.2, -0.15) is 0 Å². The molecule has 3 heteroatoms. The lowest BCUT2D eigenvalue weighted by Crippen LogP contribution is -2.48. The van der Waals surface area contributed by atoms with E-state index in [1.54, 1.807) is 0 Å². The van der Waals surface area contributed by atoms with Crippen LogP contribution in [0.1, 0.15) is 31.9 Å². The van der Waals surface area contributed by atoms with Crippen LogP contribution in [0.5, 0.6) is 0 Å². The normalized spacial score (nSPS) is 14.7. The molecule has 1 N–H and O–H groups in total. The Morgan fingerprint density at radius 3 is 2.71 bits per heavy atom. The van der Waals surface area contributed by atoms with Gasteiger partial charge in [0.2, 0.25) is 0 Å². The number of fused-ring (bicyclic) bond motifs is 1. The zero-order valence-corrected chi connectivity index (χ0v) is 11.0. The highest BCUT2D eigenvalue weighted by Gasteiger charge is 2.26. The van der Waals surface area contributed by atoms with Crippen molar-refractivity contribution in [3.05, 3.63) is 29.3 Å². The summed E-state index contributed by atoms with van der Waals surface area (Å²) in [5.41, 5.74) is 3.39. The van der Waals surface area contributed by atoms with Crippen molar-refractivity contribution in [3.63, 3.8) is 0 Å². The van der Waals surface area contributed by atoms with Gasteiger partial charge in [0.05, 0.1) is 0 Å². The quantitative estimate of drug-likeness (QED) is 0.733. The first kappa shape index (κ1) is 12.0. The largest absolute Gasteiger partial charge is 0.333 e. The molecule has 0 spiro atoms. The zero-order valence-electron chi connectivity index (χ0n) is 11.0. The minimum atomic E-state index is -0.190. The number of urea groups is 1. The number of anilines is 1. The van der Waals surface area contributed by atoms with Gasteiger partial charge in [-0.1, -0.05) is 17.7 Å². The van der Waals surface area contributed by atoms with Crippen molar-refractivity contribution >= 4 is 11.7 Å². The molecule has 0 bridgehead atoms. The molecule has 1 heterocycles. The molecule has 0 radical (unpaired) electrons. The van der Waals surface area contributed by atoms with Crippen LogP contribution in [0.15, 0.2) is 18.2 Å². The molecular weight excluding hydrogens is 212 g/mol. The Kier molecular flexibility index (Phi) is 2.86. The van der Waals surface area contributed by atoms with Crippen LogP contribution in [-0.4, -0.2) is 18.1 Å². The van der Waals surface area contributed by atoms with E-state index in [0.717, 1.165) is 18.7 Å². The standard InChI is InChI=1S/C14H20N2O/c1-10-5-6-12-11(9-10)7-8-16(12)13(17)15-14(2,3)4/h5-6,9H,7-8H2,1-4H3,(H,15,17). The van der Waals surface area contributed by atoms with E-state index < -0.39 is 0 Å². The Bertz CT molecular complexity index is 446. The number of carbonyl (C=O) groups excluding carboxylic acids is 1. The molecule has 1 aromatic rings. The van der Waals surface area contributed by atoms with Gasteiger partial charge in [0.1, 0.15) is 0 Å². The van der Waals surface area contributed by atoms with Crippen LogP contribution in [-0.2, 0) is 6.42 Å². The number of amides is 2. The fourth-order valence-electron chi connectivity index (χ4n) is 2.13. The summed E-state index contributed by atoms with van der Waals surface area (Å²) >= 11 is 0. The van der Waals surface area contributed by atoms with Crippen molar-refractivity contribution in [1.82, 2.24) is 5.32 Å². The molecule has 1 aliphatic rings. The molecular formula is C14H20N2O. The number of nitrogens with zero attached hydrogens (tertiary/aromatic N) is 1. The average Bonchev–Trinajstić information content (AvgIpc) is 2.57. The Balaban J connectivity index is 2.20. The lowest BCUT2D eigenvalue weighted by molar-refractivity contribution is 0.238. The molecule has 0 aromatic heterocycles. The van der Waals surface area contributed by atoms with Crippen LogP contribution in [0.4, 0.5) is 10.5 Å². The van der Waals surface area contributed by atoms with Crippen molar-refractivity contribution in [3.8, 4) is 0 Å². The van der Waals surface area contributed by atoms with E-state index in [4.69, 9.17) is 0 Å². The lowest BCUT2D eigenvalue weighted by atomic mass is 10.1. The summed E-state index contributed by atoms with van der Waals surface area (Å²) in [5, 5.41) is 3.00. The van der Waals surface area contributed by atoms with Crippen molar-refractivity contribution in [2.75, 3.05) is 11.4 Å². The molecule has 0 fully saturated rings. The molecule has 2 rings (SSSR count). The zero-order chi connectivity index (χ0) is 12.6. The molecule has 0 saturated carbocycles. The Morgan fingerprint density at radius 1 is 1.35 bits per heavy atom. The van der Waals surface area contributed by atoms with Crippen molar-refractivity contribution < 1.29 is 4.79 Å². The van der Waals surface area contributed by atoms with Gasteiger partial charge < -0.3 is 5.32 Å². The van der Waals surface area contributed by atoms with E-state index >= 15 is 0 Å². The number of nitrogens with one attached hydrogen (secondary N) is 1. The van der Waals surface area contributed by atoms with Crippen LogP contribution in [0.3, 0.4) is 0 Å². The van der Waals surface area contributed by atoms with Gasteiger partial charge in [0.15, 0.2) is 0 Å². The Hall–Kier alpha value is -1.51. The van der Waals surface area contributed by atoms with Crippen LogP contribution in [0.2, 0.25) is 0 Å². The van der Waals surface area contributed by atoms with E-state index in [1.807, 2.05) is 31.7 Å². The first-order chi connectivity index (χ1) is 7.87. The van der Waals surface area contributed by atoms with Crippen LogP contribution in [0, 0.1) is 6.92 Å². The molecule has 17 heavy (non-hydrogen) atoms. The molecule has 0 unspecified atom stereocenters. The van der Waals surface area contributed by atoms with Gasteiger partial charge in [-0.15, -0.1) is 0 Å². The predicted molar refractivity (Wildman–Crippen MR) is 70.5 cm³/mol. The molecule has 1 aliphatic heterocycles. The second kappa shape index (κ2) is 4.06. The second-order valence-corrected chi connectivity index (χ2v) is 5.71. The number of hydrogen-bond donors (Lipinski definition) is 1. The molecule has 0 saturated heterocycles. The van der Waals surface area contributed by atoms with E-state index in [9.17, 15) is 4.79 Å². The van der Waals surface area contributed by atoms with E-state index in [2.05, 4.69) is 24.4 Å². The molecule has 2 amide bonds. The van der Waals surface area contributed by atoms with Gasteiger partial charge in [-0.05, 0) is 45.7 Å². The highest BCUT2D eigenvalue weighted by Crippen LogP contribution is 2.28. The summed E-state index contributed by atoms with van der Waals surface area (Å²) in [7, 11) is 0. The SMILES string of the molecule is Cc1ccc2c(c1)CCN2C(=O)NC(C)(C)C. The van der Waals surface area contributed by atoms with Gasteiger partial charge in [-0.3, -0.25) is 4.90 Å². The molecule has 0 aliphatic carbocycles. The number of carbonyl (C=O) groups is 1. The third-order valence-corrected chi connectivity index (χ3v) is 2.86. The topological polar surface area (TPSA) is 32.3 Å². The van der Waals surface area contributed by atoms with Crippen molar-refractivity contribution in [2.45, 2.75) is 39.7 Å². The number of aryl methyl sites for hydroxylation is 1. The van der Waals surface area contributed by atoms with E-state index in [1.165, 1.54) is 11.1 Å². The third-order valence-electron chi connectivity index (χ3n) is 2.86. The van der Waals surface area contributed by atoms with Gasteiger partial charge in [-0.25, -0.2) is 4.79 Å². The first-order valence-electron chi connectivity index (χ1n) is 6.06. The monoisotopic (exact) mass is 232 g/mol. The number of benzene rings is 1.